The number of nitrogens with zero attached hydrogens (tertiary/aromatic N) is 5. The van der Waals surface area contributed by atoms with Gasteiger partial charge in [-0.2, -0.15) is 13.2 Å². The molecule has 1 N–H and O–H groups in total. The predicted octanol–water partition coefficient (Wildman–Crippen LogP) is 4.69. The Morgan fingerprint density at radius 2 is 1.67 bits per heavy atom. The van der Waals surface area contributed by atoms with Crippen molar-refractivity contribution in [3.8, 4) is 17.0 Å². The number of amides is 1. The molecule has 12 heteroatoms. The number of carbonyl (C=O) groups excluding carboxylic acids is 1. The Balaban J connectivity index is 0.000000448. The number of ether oxygens (including phenoxy) is 1. The number of carboxylic acids is 1. The third kappa shape index (κ3) is 6.33. The number of halogens is 3. The number of rotatable bonds is 4. The summed E-state index contributed by atoms with van der Waals surface area (Å²) in [5, 5.41) is 7.12. The molecule has 1 amide bonds. The van der Waals surface area contributed by atoms with E-state index in [1.165, 1.54) is 0 Å². The van der Waals surface area contributed by atoms with Crippen molar-refractivity contribution in [3.63, 3.8) is 0 Å². The van der Waals surface area contributed by atoms with Gasteiger partial charge in [-0.1, -0.05) is 0 Å². The Hall–Kier alpha value is -4.48. The SMILES string of the molecule is COc1ccc(-c2nc(C3CCN(C(=O)c4ccncc4)CC3)cc3c2ncn3C)cc1.O=C(O)C(F)(F)F. The largest absolute Gasteiger partial charge is 0.497 e. The number of aryl methyl sites for hydroxylation is 1. The van der Waals surface area contributed by atoms with Gasteiger partial charge in [0.25, 0.3) is 5.91 Å². The molecule has 1 aliphatic rings. The molecule has 0 radical (unpaired) electrons. The smallest absolute Gasteiger partial charge is 0.490 e. The molecule has 204 valence electrons. The number of benzene rings is 1. The molecule has 0 bridgehead atoms. The van der Waals surface area contributed by atoms with Crippen molar-refractivity contribution in [1.29, 1.82) is 0 Å². The van der Waals surface area contributed by atoms with Crippen LogP contribution in [0.25, 0.3) is 22.3 Å². The molecule has 5 rings (SSSR count). The molecule has 0 saturated carbocycles. The fraction of sp³-hybridized carbons (Fsp3) is 0.296. The Morgan fingerprint density at radius 3 is 2.23 bits per heavy atom. The van der Waals surface area contributed by atoms with Crippen LogP contribution in [0.5, 0.6) is 5.75 Å². The highest BCUT2D eigenvalue weighted by molar-refractivity contribution is 5.94. The van der Waals surface area contributed by atoms with E-state index in [4.69, 9.17) is 19.6 Å². The minimum atomic E-state index is -5.08. The zero-order valence-electron chi connectivity index (χ0n) is 21.2. The number of methoxy groups -OCH3 is 1. The number of hydrogen-bond acceptors (Lipinski definition) is 6. The molecular weight excluding hydrogens is 515 g/mol. The van der Waals surface area contributed by atoms with E-state index in [0.717, 1.165) is 59.7 Å². The average molecular weight is 542 g/mol. The predicted molar refractivity (Wildman–Crippen MR) is 136 cm³/mol. The van der Waals surface area contributed by atoms with Crippen LogP contribution in [-0.4, -0.2) is 67.8 Å². The van der Waals surface area contributed by atoms with Crippen LogP contribution < -0.4 is 4.74 Å². The molecule has 1 saturated heterocycles. The highest BCUT2D eigenvalue weighted by Gasteiger charge is 2.38. The minimum absolute atomic E-state index is 0.0693. The molecule has 4 heterocycles. The topological polar surface area (TPSA) is 110 Å². The lowest BCUT2D eigenvalue weighted by atomic mass is 9.92. The van der Waals surface area contributed by atoms with Gasteiger partial charge in [0.2, 0.25) is 0 Å². The summed E-state index contributed by atoms with van der Waals surface area (Å²) < 4.78 is 39.1. The quantitative estimate of drug-likeness (QED) is 0.399. The van der Waals surface area contributed by atoms with Crippen molar-refractivity contribution < 1.29 is 32.6 Å². The highest BCUT2D eigenvalue weighted by atomic mass is 19.4. The second-order valence-electron chi connectivity index (χ2n) is 8.95. The van der Waals surface area contributed by atoms with Crippen molar-refractivity contribution in [2.24, 2.45) is 7.05 Å². The molecular formula is C27H26F3N5O4. The molecule has 1 fully saturated rings. The summed E-state index contributed by atoms with van der Waals surface area (Å²) in [6.07, 6.45) is 1.84. The van der Waals surface area contributed by atoms with Gasteiger partial charge in [0.05, 0.1) is 24.6 Å². The number of imidazole rings is 1. The van der Waals surface area contributed by atoms with Crippen LogP contribution in [0.2, 0.25) is 0 Å². The highest BCUT2D eigenvalue weighted by Crippen LogP contribution is 2.33. The summed E-state index contributed by atoms with van der Waals surface area (Å²) in [5.74, 6) is -1.58. The Labute approximate surface area is 221 Å². The summed E-state index contributed by atoms with van der Waals surface area (Å²) in [4.78, 5) is 37.3. The molecule has 0 atom stereocenters. The normalized spacial score (nSPS) is 14.0. The molecule has 0 aliphatic carbocycles. The van der Waals surface area contributed by atoms with Gasteiger partial charge < -0.3 is 19.3 Å². The van der Waals surface area contributed by atoms with Gasteiger partial charge in [0.1, 0.15) is 11.3 Å². The first-order chi connectivity index (χ1) is 18.6. The number of hydrogen-bond donors (Lipinski definition) is 1. The maximum Gasteiger partial charge on any atom is 0.490 e. The van der Waals surface area contributed by atoms with Gasteiger partial charge in [-0.3, -0.25) is 14.8 Å². The van der Waals surface area contributed by atoms with E-state index in [9.17, 15) is 18.0 Å². The van der Waals surface area contributed by atoms with Crippen LogP contribution in [0.3, 0.4) is 0 Å². The van der Waals surface area contributed by atoms with Gasteiger partial charge in [-0.25, -0.2) is 9.78 Å². The van der Waals surface area contributed by atoms with Gasteiger partial charge in [0, 0.05) is 55.3 Å². The summed E-state index contributed by atoms with van der Waals surface area (Å²) in [5.41, 5.74) is 5.61. The summed E-state index contributed by atoms with van der Waals surface area (Å²) in [7, 11) is 3.67. The lowest BCUT2D eigenvalue weighted by molar-refractivity contribution is -0.192. The van der Waals surface area contributed by atoms with E-state index in [2.05, 4.69) is 16.0 Å². The number of carboxylic acid groups (broad SMARTS) is 1. The number of pyridine rings is 2. The van der Waals surface area contributed by atoms with Crippen molar-refractivity contribution in [2.45, 2.75) is 24.9 Å². The maximum atomic E-state index is 12.8. The fourth-order valence-corrected chi connectivity index (χ4v) is 4.36. The molecule has 3 aromatic heterocycles. The number of aromatic nitrogens is 4. The second kappa shape index (κ2) is 11.5. The first kappa shape index (κ1) is 27.6. The van der Waals surface area contributed by atoms with Gasteiger partial charge in [0.15, 0.2) is 0 Å². The zero-order valence-corrected chi connectivity index (χ0v) is 21.2. The van der Waals surface area contributed by atoms with Crippen molar-refractivity contribution >= 4 is 22.9 Å². The summed E-state index contributed by atoms with van der Waals surface area (Å²) in [6.45, 7) is 1.43. The minimum Gasteiger partial charge on any atom is -0.497 e. The zero-order chi connectivity index (χ0) is 28.2. The number of aliphatic carboxylic acids is 1. The van der Waals surface area contributed by atoms with E-state index >= 15 is 0 Å². The third-order valence-corrected chi connectivity index (χ3v) is 6.47. The Morgan fingerprint density at radius 1 is 1.05 bits per heavy atom. The lowest BCUT2D eigenvalue weighted by Gasteiger charge is -2.32. The number of alkyl halides is 3. The number of fused-ring (bicyclic) bond motifs is 1. The van der Waals surface area contributed by atoms with Gasteiger partial charge >= 0.3 is 12.1 Å². The standard InChI is InChI=1S/C25H25N5O2.C2HF3O2/c1-29-16-27-24-22(29)15-21(28-23(24)18-3-5-20(32-2)6-4-18)17-9-13-30(14-10-17)25(31)19-7-11-26-12-8-19;3-2(4,5)1(6)7/h3-8,11-12,15-17H,9-10,13-14H2,1-2H3;(H,6,7). The van der Waals surface area contributed by atoms with Crippen molar-refractivity contribution in [1.82, 2.24) is 24.4 Å². The second-order valence-corrected chi connectivity index (χ2v) is 8.95. The summed E-state index contributed by atoms with van der Waals surface area (Å²) in [6, 6.07) is 13.6. The van der Waals surface area contributed by atoms with Crippen molar-refractivity contribution in [3.05, 3.63) is 72.4 Å². The number of likely N-dealkylation sites (tertiary alicyclic amines) is 1. The first-order valence-corrected chi connectivity index (χ1v) is 12.0. The van der Waals surface area contributed by atoms with E-state index in [1.807, 2.05) is 47.1 Å². The van der Waals surface area contributed by atoms with Gasteiger partial charge in [-0.15, -0.1) is 0 Å². The van der Waals surface area contributed by atoms with Crippen LogP contribution in [0.15, 0.2) is 61.2 Å². The molecule has 9 nitrogen and oxygen atoms in total. The van der Waals surface area contributed by atoms with Crippen LogP contribution in [0, 0.1) is 0 Å². The number of piperidine rings is 1. The van der Waals surface area contributed by atoms with E-state index in [0.29, 0.717) is 11.5 Å². The van der Waals surface area contributed by atoms with Gasteiger partial charge in [-0.05, 0) is 55.3 Å². The fourth-order valence-electron chi connectivity index (χ4n) is 4.36. The van der Waals surface area contributed by atoms with E-state index < -0.39 is 12.1 Å². The molecule has 4 aromatic rings. The molecule has 1 aliphatic heterocycles. The third-order valence-electron chi connectivity index (χ3n) is 6.47. The Kier molecular flexibility index (Phi) is 8.12. The van der Waals surface area contributed by atoms with E-state index in [-0.39, 0.29) is 5.91 Å². The van der Waals surface area contributed by atoms with Crippen LogP contribution in [0.1, 0.15) is 34.8 Å². The van der Waals surface area contributed by atoms with Crippen molar-refractivity contribution in [2.75, 3.05) is 20.2 Å². The monoisotopic (exact) mass is 541 g/mol. The van der Waals surface area contributed by atoms with Crippen LogP contribution in [-0.2, 0) is 11.8 Å². The lowest BCUT2D eigenvalue weighted by Crippen LogP contribution is -2.38. The molecule has 1 aromatic carbocycles. The average Bonchev–Trinajstić information content (AvgIpc) is 3.33. The molecule has 0 spiro atoms. The summed E-state index contributed by atoms with van der Waals surface area (Å²) >= 11 is 0. The molecule has 39 heavy (non-hydrogen) atoms. The van der Waals surface area contributed by atoms with Crippen LogP contribution in [0.4, 0.5) is 13.2 Å². The maximum absolute atomic E-state index is 12.8. The number of carbonyl (C=O) groups is 2. The molecule has 0 unspecified atom stereocenters. The Bertz CT molecular complexity index is 1450. The van der Waals surface area contributed by atoms with Crippen LogP contribution >= 0.6 is 0 Å². The first-order valence-electron chi connectivity index (χ1n) is 12.0. The van der Waals surface area contributed by atoms with E-state index in [1.54, 1.807) is 31.6 Å².